The maximum Gasteiger partial charge on any atom is 0.404 e. The summed E-state index contributed by atoms with van der Waals surface area (Å²) in [5.41, 5.74) is 4.86. The van der Waals surface area contributed by atoms with Gasteiger partial charge in [0.05, 0.1) is 20.1 Å². The third kappa shape index (κ3) is 7.78. The largest absolute Gasteiger partial charge is 0.469 e. The number of carbonyl (C=O) groups is 2. The Bertz CT molecular complexity index is 215. The van der Waals surface area contributed by atoms with Crippen molar-refractivity contribution in [3.63, 3.8) is 0 Å². The number of nitrogens with two attached hydrogens (primary N) is 1. The van der Waals surface area contributed by atoms with Crippen LogP contribution in [-0.4, -0.2) is 25.8 Å². The van der Waals surface area contributed by atoms with Crippen LogP contribution in [0.5, 0.6) is 0 Å². The molecule has 1 atom stereocenters. The first kappa shape index (κ1) is 13.7. The predicted octanol–water partition coefficient (Wildman–Crippen LogP) is 1.31. The average Bonchev–Trinajstić information content (AvgIpc) is 2.13. The average molecular weight is 217 g/mol. The summed E-state index contributed by atoms with van der Waals surface area (Å²) in [5, 5.41) is 0. The molecule has 15 heavy (non-hydrogen) atoms. The number of carbonyl (C=O) groups excluding carboxylic acids is 2. The van der Waals surface area contributed by atoms with Gasteiger partial charge in [-0.1, -0.05) is 13.8 Å². The van der Waals surface area contributed by atoms with Gasteiger partial charge in [-0.25, -0.2) is 4.79 Å². The number of amides is 1. The van der Waals surface area contributed by atoms with Gasteiger partial charge < -0.3 is 15.2 Å². The highest BCUT2D eigenvalue weighted by Crippen LogP contribution is 2.16. The van der Waals surface area contributed by atoms with Gasteiger partial charge in [-0.2, -0.15) is 0 Å². The molecule has 0 fully saturated rings. The molecule has 88 valence electrons. The molecule has 0 aliphatic rings. The van der Waals surface area contributed by atoms with E-state index >= 15 is 0 Å². The lowest BCUT2D eigenvalue weighted by Gasteiger charge is -2.16. The number of hydrogen-bond donors (Lipinski definition) is 1. The van der Waals surface area contributed by atoms with Gasteiger partial charge in [0, 0.05) is 5.92 Å². The molecule has 0 rings (SSSR count). The molecule has 0 saturated carbocycles. The molecular weight excluding hydrogens is 198 g/mol. The molecule has 0 aromatic rings. The highest BCUT2D eigenvalue weighted by Gasteiger charge is 2.17. The molecule has 0 saturated heterocycles. The molecule has 5 nitrogen and oxygen atoms in total. The number of primary amides is 1. The van der Waals surface area contributed by atoms with Crippen LogP contribution in [0.4, 0.5) is 4.79 Å². The van der Waals surface area contributed by atoms with Crippen LogP contribution in [0, 0.1) is 11.8 Å². The van der Waals surface area contributed by atoms with E-state index < -0.39 is 6.09 Å². The topological polar surface area (TPSA) is 78.6 Å². The second-order valence-corrected chi connectivity index (χ2v) is 3.91. The zero-order valence-corrected chi connectivity index (χ0v) is 9.49. The molecule has 0 unspecified atom stereocenters. The Hall–Kier alpha value is -1.26. The Morgan fingerprint density at radius 2 is 1.93 bits per heavy atom. The molecule has 1 amide bonds. The van der Waals surface area contributed by atoms with E-state index in [4.69, 9.17) is 5.73 Å². The number of ether oxygens (including phenoxy) is 2. The van der Waals surface area contributed by atoms with Crippen molar-refractivity contribution in [1.82, 2.24) is 0 Å². The van der Waals surface area contributed by atoms with Gasteiger partial charge >= 0.3 is 12.1 Å². The Balaban J connectivity index is 4.05. The summed E-state index contributed by atoms with van der Waals surface area (Å²) in [6.45, 7) is 4.24. The van der Waals surface area contributed by atoms with E-state index in [0.717, 1.165) is 6.42 Å². The molecule has 0 aromatic carbocycles. The van der Waals surface area contributed by atoms with Crippen LogP contribution >= 0.6 is 0 Å². The van der Waals surface area contributed by atoms with Crippen LogP contribution in [0.3, 0.4) is 0 Å². The van der Waals surface area contributed by atoms with Crippen molar-refractivity contribution in [3.8, 4) is 0 Å². The lowest BCUT2D eigenvalue weighted by Crippen LogP contribution is -2.22. The maximum atomic E-state index is 11.1. The number of hydrogen-bond acceptors (Lipinski definition) is 4. The monoisotopic (exact) mass is 217 g/mol. The van der Waals surface area contributed by atoms with Crippen molar-refractivity contribution in [2.24, 2.45) is 17.6 Å². The molecule has 0 aliphatic heterocycles. The van der Waals surface area contributed by atoms with Crippen LogP contribution in [0.15, 0.2) is 0 Å². The smallest absolute Gasteiger partial charge is 0.404 e. The van der Waals surface area contributed by atoms with E-state index in [1.807, 2.05) is 13.8 Å². The summed E-state index contributed by atoms with van der Waals surface area (Å²) < 4.78 is 9.24. The SMILES string of the molecule is COC(=O)C[C@@H](COC(N)=O)CC(C)C. The summed E-state index contributed by atoms with van der Waals surface area (Å²) in [6.07, 6.45) is 0.235. The first-order valence-electron chi connectivity index (χ1n) is 4.94. The van der Waals surface area contributed by atoms with Crippen molar-refractivity contribution >= 4 is 12.1 Å². The van der Waals surface area contributed by atoms with Crippen LogP contribution in [0.1, 0.15) is 26.7 Å². The lowest BCUT2D eigenvalue weighted by atomic mass is 9.95. The minimum Gasteiger partial charge on any atom is -0.469 e. The molecule has 0 bridgehead atoms. The van der Waals surface area contributed by atoms with Crippen molar-refractivity contribution in [2.75, 3.05) is 13.7 Å². The van der Waals surface area contributed by atoms with Gasteiger partial charge in [0.1, 0.15) is 0 Å². The Morgan fingerprint density at radius 3 is 2.33 bits per heavy atom. The highest BCUT2D eigenvalue weighted by atomic mass is 16.5. The number of methoxy groups -OCH3 is 1. The van der Waals surface area contributed by atoms with Crippen LogP contribution < -0.4 is 5.73 Å². The first-order valence-corrected chi connectivity index (χ1v) is 4.94. The van der Waals surface area contributed by atoms with Gasteiger partial charge in [-0.3, -0.25) is 4.79 Å². The first-order chi connectivity index (χ1) is 6.95. The second-order valence-electron chi connectivity index (χ2n) is 3.91. The van der Waals surface area contributed by atoms with Gasteiger partial charge in [-0.05, 0) is 12.3 Å². The molecule has 0 radical (unpaired) electrons. The van der Waals surface area contributed by atoms with Crippen molar-refractivity contribution in [3.05, 3.63) is 0 Å². The summed E-state index contributed by atoms with van der Waals surface area (Å²) in [6, 6.07) is 0. The van der Waals surface area contributed by atoms with Crippen LogP contribution in [0.25, 0.3) is 0 Å². The molecular formula is C10H19NO4. The van der Waals surface area contributed by atoms with Crippen molar-refractivity contribution in [2.45, 2.75) is 26.7 Å². The Kier molecular flexibility index (Phi) is 6.49. The normalized spacial score (nSPS) is 12.3. The zero-order chi connectivity index (χ0) is 11.8. The second kappa shape index (κ2) is 7.09. The van der Waals surface area contributed by atoms with E-state index in [9.17, 15) is 9.59 Å². The minimum atomic E-state index is -0.811. The van der Waals surface area contributed by atoms with E-state index in [1.165, 1.54) is 7.11 Å². The third-order valence-electron chi connectivity index (χ3n) is 1.95. The van der Waals surface area contributed by atoms with E-state index in [0.29, 0.717) is 5.92 Å². The fourth-order valence-corrected chi connectivity index (χ4v) is 1.40. The molecule has 0 heterocycles. The summed E-state index contributed by atoms with van der Waals surface area (Å²) in [5.74, 6) is 0.106. The lowest BCUT2D eigenvalue weighted by molar-refractivity contribution is -0.142. The number of rotatable bonds is 6. The van der Waals surface area contributed by atoms with Gasteiger partial charge in [0.2, 0.25) is 0 Å². The van der Waals surface area contributed by atoms with E-state index in [-0.39, 0.29) is 24.9 Å². The van der Waals surface area contributed by atoms with E-state index in [2.05, 4.69) is 9.47 Å². The highest BCUT2D eigenvalue weighted by molar-refractivity contribution is 5.69. The molecule has 0 spiro atoms. The Labute approximate surface area is 89.9 Å². The van der Waals surface area contributed by atoms with Gasteiger partial charge in [-0.15, -0.1) is 0 Å². The van der Waals surface area contributed by atoms with Crippen molar-refractivity contribution in [1.29, 1.82) is 0 Å². The Morgan fingerprint density at radius 1 is 1.33 bits per heavy atom. The van der Waals surface area contributed by atoms with E-state index in [1.54, 1.807) is 0 Å². The summed E-state index contributed by atoms with van der Waals surface area (Å²) >= 11 is 0. The van der Waals surface area contributed by atoms with Gasteiger partial charge in [0.15, 0.2) is 0 Å². The molecule has 0 aliphatic carbocycles. The van der Waals surface area contributed by atoms with Crippen LogP contribution in [-0.2, 0) is 14.3 Å². The summed E-state index contributed by atoms with van der Waals surface area (Å²) in [7, 11) is 1.34. The minimum absolute atomic E-state index is 0.0232. The quantitative estimate of drug-likeness (QED) is 0.680. The van der Waals surface area contributed by atoms with Crippen molar-refractivity contribution < 1.29 is 19.1 Å². The maximum absolute atomic E-state index is 11.1. The molecule has 2 N–H and O–H groups in total. The standard InChI is InChI=1S/C10H19NO4/c1-7(2)4-8(5-9(12)14-3)6-15-10(11)13/h7-8H,4-6H2,1-3H3,(H2,11,13)/t8-/m0/s1. The van der Waals surface area contributed by atoms with Gasteiger partial charge in [0.25, 0.3) is 0 Å². The molecule has 5 heteroatoms. The zero-order valence-electron chi connectivity index (χ0n) is 9.49. The summed E-state index contributed by atoms with van der Waals surface area (Å²) in [4.78, 5) is 21.5. The van der Waals surface area contributed by atoms with Crippen LogP contribution in [0.2, 0.25) is 0 Å². The number of esters is 1. The predicted molar refractivity (Wildman–Crippen MR) is 55.1 cm³/mol. The fraction of sp³-hybridized carbons (Fsp3) is 0.800. The fourth-order valence-electron chi connectivity index (χ4n) is 1.40. The third-order valence-corrected chi connectivity index (χ3v) is 1.95. The molecule has 0 aromatic heterocycles.